The van der Waals surface area contributed by atoms with Gasteiger partial charge in [-0.15, -0.1) is 17.5 Å². The Morgan fingerprint density at radius 3 is 2.75 bits per heavy atom. The third-order valence-electron chi connectivity index (χ3n) is 4.69. The lowest BCUT2D eigenvalue weighted by molar-refractivity contribution is -0.0517. The number of piperidine rings is 1. The van der Waals surface area contributed by atoms with Gasteiger partial charge in [-0.2, -0.15) is 8.78 Å². The van der Waals surface area contributed by atoms with Gasteiger partial charge in [-0.3, -0.25) is 0 Å². The first-order valence-electron chi connectivity index (χ1n) is 8.67. The van der Waals surface area contributed by atoms with Gasteiger partial charge >= 0.3 is 12.4 Å². The Kier molecular flexibility index (Phi) is 7.36. The number of aromatic amines is 1. The third kappa shape index (κ3) is 5.20. The zero-order valence-corrected chi connectivity index (χ0v) is 16.1. The van der Waals surface area contributed by atoms with Crippen LogP contribution in [0.25, 0.3) is 11.5 Å². The molecule has 0 bridgehead atoms. The minimum atomic E-state index is -3.18. The van der Waals surface area contributed by atoms with Crippen molar-refractivity contribution in [3.63, 3.8) is 0 Å². The van der Waals surface area contributed by atoms with Crippen molar-refractivity contribution in [3.05, 3.63) is 28.5 Å². The maximum atomic E-state index is 14.5. The van der Waals surface area contributed by atoms with Crippen LogP contribution in [0.2, 0.25) is 0 Å². The summed E-state index contributed by atoms with van der Waals surface area (Å²) in [5.41, 5.74) is 0.176. The first-order valence-corrected chi connectivity index (χ1v) is 8.67. The van der Waals surface area contributed by atoms with E-state index in [1.807, 2.05) is 6.92 Å². The van der Waals surface area contributed by atoms with Gasteiger partial charge in [0.2, 0.25) is 5.89 Å². The topological polar surface area (TPSA) is 92.2 Å². The molecule has 11 heteroatoms. The second kappa shape index (κ2) is 9.33. The van der Waals surface area contributed by atoms with Crippen molar-refractivity contribution in [2.24, 2.45) is 5.92 Å². The normalized spacial score (nSPS) is 20.5. The number of ether oxygens (including phenoxy) is 1. The maximum absolute atomic E-state index is 14.5. The predicted octanol–water partition coefficient (Wildman–Crippen LogP) is 3.38. The lowest BCUT2D eigenvalue weighted by Crippen LogP contribution is -2.41. The number of alkyl halides is 2. The van der Waals surface area contributed by atoms with Crippen LogP contribution in [-0.2, 0) is 0 Å². The number of H-pyrrole nitrogens is 1. The highest BCUT2D eigenvalue weighted by atomic mass is 35.5. The van der Waals surface area contributed by atoms with Gasteiger partial charge in [0.1, 0.15) is 0 Å². The first-order chi connectivity index (χ1) is 12.8. The molecule has 7 nitrogen and oxygen atoms in total. The molecular formula is C17H22ClF3N4O3. The lowest BCUT2D eigenvalue weighted by atomic mass is 9.87. The Labute approximate surface area is 165 Å². The highest BCUT2D eigenvalue weighted by Crippen LogP contribution is 2.36. The summed E-state index contributed by atoms with van der Waals surface area (Å²) in [7, 11) is 0. The number of hydrogen-bond acceptors (Lipinski definition) is 6. The SMILES string of the molecule is C[C@@H]1C[C@H]([C@H](C)Nc2cc(-c3n[nH]c(=O)o3)cc(F)c2OC(F)F)CCN1.Cl. The van der Waals surface area contributed by atoms with Gasteiger partial charge in [0.15, 0.2) is 11.6 Å². The minimum Gasteiger partial charge on any atom is -0.429 e. The van der Waals surface area contributed by atoms with Crippen molar-refractivity contribution >= 4 is 18.1 Å². The van der Waals surface area contributed by atoms with Crippen LogP contribution in [0.15, 0.2) is 21.3 Å². The van der Waals surface area contributed by atoms with E-state index in [1.165, 1.54) is 6.07 Å². The molecule has 3 N–H and O–H groups in total. The number of nitrogens with zero attached hydrogens (tertiary/aromatic N) is 1. The number of benzene rings is 1. The Hall–Kier alpha value is -2.20. The second-order valence-electron chi connectivity index (χ2n) is 6.70. The average Bonchev–Trinajstić information content (AvgIpc) is 3.04. The van der Waals surface area contributed by atoms with E-state index in [0.29, 0.717) is 6.04 Å². The number of nitrogens with one attached hydrogen (secondary N) is 3. The van der Waals surface area contributed by atoms with Gasteiger partial charge in [0.25, 0.3) is 0 Å². The number of anilines is 1. The summed E-state index contributed by atoms with van der Waals surface area (Å²) in [6.45, 7) is 1.66. The number of aromatic nitrogens is 2. The van der Waals surface area contributed by atoms with Crippen LogP contribution in [0.4, 0.5) is 18.9 Å². The Morgan fingerprint density at radius 1 is 1.39 bits per heavy atom. The highest BCUT2D eigenvalue weighted by Gasteiger charge is 2.26. The van der Waals surface area contributed by atoms with E-state index >= 15 is 0 Å². The van der Waals surface area contributed by atoms with E-state index in [9.17, 15) is 18.0 Å². The second-order valence-corrected chi connectivity index (χ2v) is 6.70. The zero-order chi connectivity index (χ0) is 19.6. The fraction of sp³-hybridized carbons (Fsp3) is 0.529. The van der Waals surface area contributed by atoms with Crippen LogP contribution in [0.5, 0.6) is 5.75 Å². The molecule has 1 aromatic carbocycles. The molecule has 0 spiro atoms. The monoisotopic (exact) mass is 422 g/mol. The van der Waals surface area contributed by atoms with Crippen molar-refractivity contribution < 1.29 is 22.3 Å². The third-order valence-corrected chi connectivity index (χ3v) is 4.69. The van der Waals surface area contributed by atoms with Crippen molar-refractivity contribution in [3.8, 4) is 17.2 Å². The van der Waals surface area contributed by atoms with Crippen LogP contribution in [0.1, 0.15) is 26.7 Å². The zero-order valence-electron chi connectivity index (χ0n) is 15.3. The van der Waals surface area contributed by atoms with E-state index in [0.717, 1.165) is 25.5 Å². The van der Waals surface area contributed by atoms with E-state index in [-0.39, 0.29) is 41.5 Å². The number of rotatable bonds is 6. The molecule has 156 valence electrons. The quantitative estimate of drug-likeness (QED) is 0.661. The molecule has 28 heavy (non-hydrogen) atoms. The van der Waals surface area contributed by atoms with Crippen molar-refractivity contribution in [2.45, 2.75) is 45.4 Å². The largest absolute Gasteiger partial charge is 0.434 e. The molecule has 0 aliphatic carbocycles. The molecule has 0 amide bonds. The summed E-state index contributed by atoms with van der Waals surface area (Å²) < 4.78 is 49.1. The minimum absolute atomic E-state index is 0. The van der Waals surface area contributed by atoms with Gasteiger partial charge in [0.05, 0.1) is 5.69 Å². The van der Waals surface area contributed by atoms with Gasteiger partial charge < -0.3 is 19.8 Å². The summed E-state index contributed by atoms with van der Waals surface area (Å²) in [6, 6.07) is 2.53. The van der Waals surface area contributed by atoms with Gasteiger partial charge in [-0.1, -0.05) is 0 Å². The molecule has 0 radical (unpaired) electrons. The molecule has 3 rings (SSSR count). The molecule has 1 fully saturated rings. The summed E-state index contributed by atoms with van der Waals surface area (Å²) >= 11 is 0. The summed E-state index contributed by atoms with van der Waals surface area (Å²) in [5.74, 6) is -2.26. The standard InChI is InChI=1S/C17H21F3N4O3.ClH/c1-8-5-10(3-4-21-8)9(2)22-13-7-11(15-23-24-17(25)27-15)6-12(18)14(13)26-16(19)20;/h6-10,16,21-22H,3-5H2,1-2H3,(H,24,25);1H/t8-,9+,10-;/m1./s1. The van der Waals surface area contributed by atoms with E-state index in [1.54, 1.807) is 0 Å². The van der Waals surface area contributed by atoms with Crippen LogP contribution >= 0.6 is 12.4 Å². The molecule has 0 saturated carbocycles. The van der Waals surface area contributed by atoms with E-state index < -0.39 is 23.9 Å². The van der Waals surface area contributed by atoms with Gasteiger partial charge in [-0.25, -0.2) is 14.3 Å². The van der Waals surface area contributed by atoms with Crippen molar-refractivity contribution in [2.75, 3.05) is 11.9 Å². The number of halogens is 4. The highest BCUT2D eigenvalue weighted by molar-refractivity contribution is 5.85. The van der Waals surface area contributed by atoms with Gasteiger partial charge in [-0.05, 0) is 51.3 Å². The molecule has 1 saturated heterocycles. The van der Waals surface area contributed by atoms with Crippen LogP contribution in [-0.4, -0.2) is 35.4 Å². The van der Waals surface area contributed by atoms with Crippen molar-refractivity contribution in [1.29, 1.82) is 0 Å². The summed E-state index contributed by atoms with van der Waals surface area (Å²) in [4.78, 5) is 11.1. The lowest BCUT2D eigenvalue weighted by Gasteiger charge is -2.33. The number of hydrogen-bond donors (Lipinski definition) is 3. The fourth-order valence-corrected chi connectivity index (χ4v) is 3.37. The van der Waals surface area contributed by atoms with Crippen LogP contribution in [0, 0.1) is 11.7 Å². The van der Waals surface area contributed by atoms with Crippen LogP contribution < -0.4 is 21.1 Å². The summed E-state index contributed by atoms with van der Waals surface area (Å²) in [5, 5.41) is 12.1. The van der Waals surface area contributed by atoms with Crippen molar-refractivity contribution in [1.82, 2.24) is 15.5 Å². The smallest absolute Gasteiger partial charge is 0.429 e. The maximum Gasteiger partial charge on any atom is 0.434 e. The Bertz CT molecular complexity index is 845. The molecule has 2 heterocycles. The first kappa shape index (κ1) is 22.1. The molecule has 2 aromatic rings. The van der Waals surface area contributed by atoms with Crippen LogP contribution in [0.3, 0.4) is 0 Å². The van der Waals surface area contributed by atoms with Gasteiger partial charge in [0, 0.05) is 17.6 Å². The average molecular weight is 423 g/mol. The van der Waals surface area contributed by atoms with E-state index in [4.69, 9.17) is 4.42 Å². The van der Waals surface area contributed by atoms with E-state index in [2.05, 4.69) is 32.5 Å². The summed E-state index contributed by atoms with van der Waals surface area (Å²) in [6.07, 6.45) is 1.80. The fourth-order valence-electron chi connectivity index (χ4n) is 3.37. The molecule has 3 atom stereocenters. The Morgan fingerprint density at radius 2 is 2.14 bits per heavy atom. The molecule has 0 unspecified atom stereocenters. The molecular weight excluding hydrogens is 401 g/mol. The molecule has 1 aromatic heterocycles. The molecule has 1 aliphatic rings. The Balaban J connectivity index is 0.00000280. The molecule has 1 aliphatic heterocycles. The predicted molar refractivity (Wildman–Crippen MR) is 99.7 cm³/mol.